The van der Waals surface area contributed by atoms with Gasteiger partial charge in [-0.15, -0.1) is 0 Å². The summed E-state index contributed by atoms with van der Waals surface area (Å²) in [5, 5.41) is -0.834. The summed E-state index contributed by atoms with van der Waals surface area (Å²) >= 11 is 4.75. The highest BCUT2D eigenvalue weighted by Gasteiger charge is 2.25. The lowest BCUT2D eigenvalue weighted by atomic mass is 10.3. The Morgan fingerprint density at radius 1 is 1.42 bits per heavy atom. The van der Waals surface area contributed by atoms with Gasteiger partial charge in [0.1, 0.15) is 17.6 Å². The first-order valence-corrected chi connectivity index (χ1v) is 7.88. The maximum atomic E-state index is 11.9. The molecule has 0 aliphatic rings. The first-order valence-electron chi connectivity index (χ1n) is 5.93. The summed E-state index contributed by atoms with van der Waals surface area (Å²) in [6.45, 7) is 2.15. The Morgan fingerprint density at radius 3 is 2.58 bits per heavy atom. The van der Waals surface area contributed by atoms with Gasteiger partial charge in [0.05, 0.1) is 4.99 Å². The second-order valence-corrected chi connectivity index (χ2v) is 6.32. The van der Waals surface area contributed by atoms with Crippen LogP contribution in [0.4, 0.5) is 0 Å². The van der Waals surface area contributed by atoms with Crippen molar-refractivity contribution in [2.45, 2.75) is 18.6 Å². The molecule has 106 valence electrons. The fourth-order valence-electron chi connectivity index (χ4n) is 1.54. The fraction of sp³-hybridized carbons (Fsp3) is 0.417. The van der Waals surface area contributed by atoms with Crippen molar-refractivity contribution in [3.63, 3.8) is 0 Å². The summed E-state index contributed by atoms with van der Waals surface area (Å²) in [4.78, 5) is -0.0148. The number of hydrogen-bond acceptors (Lipinski definition) is 4. The lowest BCUT2D eigenvalue weighted by molar-refractivity contribution is 0.322. The van der Waals surface area contributed by atoms with Gasteiger partial charge in [-0.25, -0.2) is 13.1 Å². The molecule has 1 atom stereocenters. The highest BCUT2D eigenvalue weighted by molar-refractivity contribution is 7.93. The minimum atomic E-state index is -3.52. The molecule has 1 aromatic carbocycles. The van der Waals surface area contributed by atoms with Crippen LogP contribution in [0.3, 0.4) is 0 Å². The van der Waals surface area contributed by atoms with Gasteiger partial charge in [0.25, 0.3) is 0 Å². The molecule has 5 nitrogen and oxygen atoms in total. The van der Waals surface area contributed by atoms with E-state index in [-0.39, 0.29) is 18.1 Å². The SMILES string of the molecule is CCC(C(N)=S)S(=O)(=O)NCCOc1ccccc1. The van der Waals surface area contributed by atoms with Gasteiger partial charge < -0.3 is 10.5 Å². The minimum absolute atomic E-state index is 0.0148. The molecule has 0 aliphatic heterocycles. The van der Waals surface area contributed by atoms with Crippen molar-refractivity contribution < 1.29 is 13.2 Å². The van der Waals surface area contributed by atoms with Gasteiger partial charge in [0, 0.05) is 6.54 Å². The maximum Gasteiger partial charge on any atom is 0.221 e. The quantitative estimate of drug-likeness (QED) is 0.554. The number of rotatable bonds is 8. The van der Waals surface area contributed by atoms with Crippen LogP contribution in [0.5, 0.6) is 5.75 Å². The average Bonchev–Trinajstić information content (AvgIpc) is 2.36. The molecule has 0 amide bonds. The van der Waals surface area contributed by atoms with Crippen molar-refractivity contribution in [2.75, 3.05) is 13.2 Å². The van der Waals surface area contributed by atoms with E-state index in [0.717, 1.165) is 0 Å². The molecule has 1 unspecified atom stereocenters. The van der Waals surface area contributed by atoms with E-state index in [4.69, 9.17) is 22.7 Å². The van der Waals surface area contributed by atoms with Gasteiger partial charge in [-0.1, -0.05) is 37.3 Å². The zero-order valence-corrected chi connectivity index (χ0v) is 12.3. The van der Waals surface area contributed by atoms with Gasteiger partial charge in [-0.05, 0) is 18.6 Å². The predicted molar refractivity (Wildman–Crippen MR) is 79.7 cm³/mol. The lowest BCUT2D eigenvalue weighted by Crippen LogP contribution is -2.42. The molecule has 0 heterocycles. The Morgan fingerprint density at radius 2 is 2.05 bits per heavy atom. The standard InChI is InChI=1S/C12H18N2O3S2/c1-2-11(12(13)18)19(15,16)14-8-9-17-10-6-4-3-5-7-10/h3-7,11,14H,2,8-9H2,1H3,(H2,13,18). The summed E-state index contributed by atoms with van der Waals surface area (Å²) < 4.78 is 31.6. The number of thiocarbonyl (C=S) groups is 1. The molecule has 0 aromatic heterocycles. The van der Waals surface area contributed by atoms with E-state index in [0.29, 0.717) is 12.2 Å². The molecular weight excluding hydrogens is 284 g/mol. The molecule has 1 aromatic rings. The second kappa shape index (κ2) is 7.42. The van der Waals surface area contributed by atoms with Gasteiger partial charge in [-0.2, -0.15) is 0 Å². The van der Waals surface area contributed by atoms with Crippen molar-refractivity contribution in [3.8, 4) is 5.75 Å². The second-order valence-electron chi connectivity index (χ2n) is 3.90. The van der Waals surface area contributed by atoms with Crippen LogP contribution in [-0.4, -0.2) is 31.8 Å². The van der Waals surface area contributed by atoms with E-state index in [2.05, 4.69) is 4.72 Å². The largest absolute Gasteiger partial charge is 0.492 e. The van der Waals surface area contributed by atoms with Crippen LogP contribution in [0.15, 0.2) is 30.3 Å². The molecule has 0 saturated carbocycles. The molecule has 3 N–H and O–H groups in total. The normalized spacial score (nSPS) is 12.9. The van der Waals surface area contributed by atoms with Crippen molar-refractivity contribution in [2.24, 2.45) is 5.73 Å². The third-order valence-electron chi connectivity index (χ3n) is 2.48. The number of nitrogens with two attached hydrogens (primary N) is 1. The third-order valence-corrected chi connectivity index (χ3v) is 4.86. The van der Waals surface area contributed by atoms with Crippen LogP contribution in [-0.2, 0) is 10.0 Å². The number of hydrogen-bond donors (Lipinski definition) is 2. The van der Waals surface area contributed by atoms with E-state index >= 15 is 0 Å². The highest BCUT2D eigenvalue weighted by Crippen LogP contribution is 2.08. The van der Waals surface area contributed by atoms with E-state index in [9.17, 15) is 8.42 Å². The fourth-order valence-corrected chi connectivity index (χ4v) is 3.40. The zero-order valence-electron chi connectivity index (χ0n) is 10.7. The molecule has 0 spiro atoms. The van der Waals surface area contributed by atoms with E-state index in [1.54, 1.807) is 19.1 Å². The zero-order chi connectivity index (χ0) is 14.3. The monoisotopic (exact) mass is 302 g/mol. The maximum absolute atomic E-state index is 11.9. The van der Waals surface area contributed by atoms with E-state index in [1.165, 1.54) is 0 Å². The predicted octanol–water partition coefficient (Wildman–Crippen LogP) is 1.05. The molecule has 0 aliphatic carbocycles. The van der Waals surface area contributed by atoms with Gasteiger partial charge in [0.2, 0.25) is 10.0 Å². The highest BCUT2D eigenvalue weighted by atomic mass is 32.2. The van der Waals surface area contributed by atoms with Crippen LogP contribution >= 0.6 is 12.2 Å². The van der Waals surface area contributed by atoms with Crippen LogP contribution in [0.1, 0.15) is 13.3 Å². The first kappa shape index (κ1) is 15.9. The average molecular weight is 302 g/mol. The summed E-state index contributed by atoms with van der Waals surface area (Å²) in [6, 6.07) is 9.18. The first-order chi connectivity index (χ1) is 8.97. The number of nitrogens with one attached hydrogen (secondary N) is 1. The van der Waals surface area contributed by atoms with Crippen LogP contribution in [0.25, 0.3) is 0 Å². The third kappa shape index (κ3) is 5.14. The van der Waals surface area contributed by atoms with E-state index in [1.807, 2.05) is 18.2 Å². The van der Waals surface area contributed by atoms with Crippen molar-refractivity contribution in [1.82, 2.24) is 4.72 Å². The number of ether oxygens (including phenoxy) is 1. The summed E-state index contributed by atoms with van der Waals surface area (Å²) in [5.74, 6) is 0.697. The molecule has 0 fully saturated rings. The van der Waals surface area contributed by atoms with Crippen molar-refractivity contribution in [3.05, 3.63) is 30.3 Å². The molecule has 19 heavy (non-hydrogen) atoms. The molecule has 7 heteroatoms. The van der Waals surface area contributed by atoms with E-state index < -0.39 is 15.3 Å². The number of sulfonamides is 1. The Hall–Kier alpha value is -1.18. The van der Waals surface area contributed by atoms with Crippen molar-refractivity contribution in [1.29, 1.82) is 0 Å². The Bertz CT molecular complexity index is 503. The van der Waals surface area contributed by atoms with Gasteiger partial charge in [-0.3, -0.25) is 0 Å². The van der Waals surface area contributed by atoms with Gasteiger partial charge in [0.15, 0.2) is 0 Å². The Labute approximate surface area is 119 Å². The van der Waals surface area contributed by atoms with Gasteiger partial charge >= 0.3 is 0 Å². The summed E-state index contributed by atoms with van der Waals surface area (Å²) in [7, 11) is -3.52. The summed E-state index contributed by atoms with van der Waals surface area (Å²) in [5.41, 5.74) is 5.41. The number of benzene rings is 1. The summed E-state index contributed by atoms with van der Waals surface area (Å²) in [6.07, 6.45) is 0.351. The van der Waals surface area contributed by atoms with Crippen molar-refractivity contribution >= 4 is 27.2 Å². The molecule has 1 rings (SSSR count). The molecular formula is C12H18N2O3S2. The molecule has 0 bridgehead atoms. The topological polar surface area (TPSA) is 81.4 Å². The molecule has 0 saturated heterocycles. The lowest BCUT2D eigenvalue weighted by Gasteiger charge is -2.15. The van der Waals surface area contributed by atoms with Crippen LogP contribution in [0, 0.1) is 0 Å². The smallest absolute Gasteiger partial charge is 0.221 e. The molecule has 0 radical (unpaired) electrons. The van der Waals surface area contributed by atoms with Crippen LogP contribution < -0.4 is 15.2 Å². The minimum Gasteiger partial charge on any atom is -0.492 e. The Balaban J connectivity index is 2.42. The number of para-hydroxylation sites is 1. The van der Waals surface area contributed by atoms with Crippen LogP contribution in [0.2, 0.25) is 0 Å². The Kier molecular flexibility index (Phi) is 6.20.